The van der Waals surface area contributed by atoms with Crippen LogP contribution in [0, 0.1) is 5.92 Å². The number of likely N-dealkylation sites (tertiary alicyclic amines) is 1. The molecule has 0 bridgehead atoms. The summed E-state index contributed by atoms with van der Waals surface area (Å²) in [7, 11) is 1.62. The minimum Gasteiger partial charge on any atom is -0.497 e. The van der Waals surface area contributed by atoms with E-state index in [9.17, 15) is 4.79 Å². The molecule has 2 aliphatic rings. The lowest BCUT2D eigenvalue weighted by Gasteiger charge is -2.34. The summed E-state index contributed by atoms with van der Waals surface area (Å²) < 4.78 is 11.1. The van der Waals surface area contributed by atoms with Crippen molar-refractivity contribution in [3.8, 4) is 5.75 Å². The van der Waals surface area contributed by atoms with Gasteiger partial charge >= 0.3 is 0 Å². The molecule has 0 spiro atoms. The molecule has 2 aliphatic heterocycles. The van der Waals surface area contributed by atoms with E-state index in [2.05, 4.69) is 6.92 Å². The lowest BCUT2D eigenvalue weighted by atomic mass is 9.92. The van der Waals surface area contributed by atoms with Gasteiger partial charge in [0.1, 0.15) is 5.75 Å². The van der Waals surface area contributed by atoms with Gasteiger partial charge in [-0.05, 0) is 38.0 Å². The Morgan fingerprint density at radius 1 is 1.45 bits per heavy atom. The van der Waals surface area contributed by atoms with Gasteiger partial charge in [0.25, 0.3) is 5.91 Å². The molecule has 1 aromatic rings. The second kappa shape index (κ2) is 5.44. The minimum absolute atomic E-state index is 0.0990. The lowest BCUT2D eigenvalue weighted by molar-refractivity contribution is 0.00864. The molecule has 0 aromatic heterocycles. The molecule has 108 valence electrons. The summed E-state index contributed by atoms with van der Waals surface area (Å²) in [6.45, 7) is 3.71. The van der Waals surface area contributed by atoms with Gasteiger partial charge in [0, 0.05) is 24.6 Å². The number of methoxy groups -OCH3 is 1. The van der Waals surface area contributed by atoms with E-state index in [1.165, 1.54) is 0 Å². The predicted octanol–water partition coefficient (Wildman–Crippen LogP) is 2.33. The van der Waals surface area contributed by atoms with Crippen molar-refractivity contribution in [1.29, 1.82) is 0 Å². The van der Waals surface area contributed by atoms with E-state index in [0.29, 0.717) is 23.7 Å². The largest absolute Gasteiger partial charge is 0.497 e. The summed E-state index contributed by atoms with van der Waals surface area (Å²) in [6, 6.07) is 7.38. The van der Waals surface area contributed by atoms with E-state index in [1.807, 2.05) is 29.2 Å². The first kappa shape index (κ1) is 13.4. The normalized spacial score (nSPS) is 29.1. The summed E-state index contributed by atoms with van der Waals surface area (Å²) >= 11 is 0. The zero-order chi connectivity index (χ0) is 14.1. The first-order valence-corrected chi connectivity index (χ1v) is 7.26. The SMILES string of the molecule is COc1cccc(C(=O)N2CC[C@H]3O[C@@H](C)C[C@H]3C2)c1. The second-order valence-electron chi connectivity index (χ2n) is 5.75. The maximum atomic E-state index is 12.6. The lowest BCUT2D eigenvalue weighted by Crippen LogP contribution is -2.44. The van der Waals surface area contributed by atoms with Crippen LogP contribution < -0.4 is 4.74 Å². The van der Waals surface area contributed by atoms with Crippen LogP contribution in [0.2, 0.25) is 0 Å². The van der Waals surface area contributed by atoms with Crippen molar-refractivity contribution in [3.05, 3.63) is 29.8 Å². The molecule has 1 aromatic carbocycles. The van der Waals surface area contributed by atoms with Gasteiger partial charge in [0.2, 0.25) is 0 Å². The van der Waals surface area contributed by atoms with Crippen LogP contribution in [0.4, 0.5) is 0 Å². The van der Waals surface area contributed by atoms with Crippen LogP contribution in [0.5, 0.6) is 5.75 Å². The van der Waals surface area contributed by atoms with Gasteiger partial charge in [-0.25, -0.2) is 0 Å². The number of nitrogens with zero attached hydrogens (tertiary/aromatic N) is 1. The van der Waals surface area contributed by atoms with E-state index in [-0.39, 0.29) is 5.91 Å². The average Bonchev–Trinajstić information content (AvgIpc) is 2.85. The van der Waals surface area contributed by atoms with Gasteiger partial charge < -0.3 is 14.4 Å². The molecule has 0 N–H and O–H groups in total. The fraction of sp³-hybridized carbons (Fsp3) is 0.562. The Labute approximate surface area is 119 Å². The van der Waals surface area contributed by atoms with Crippen LogP contribution in [-0.4, -0.2) is 43.2 Å². The molecule has 3 atom stereocenters. The van der Waals surface area contributed by atoms with Crippen LogP contribution in [0.3, 0.4) is 0 Å². The third-order valence-electron chi connectivity index (χ3n) is 4.31. The van der Waals surface area contributed by atoms with Crippen LogP contribution >= 0.6 is 0 Å². The third-order valence-corrected chi connectivity index (χ3v) is 4.31. The molecule has 0 saturated carbocycles. The summed E-state index contributed by atoms with van der Waals surface area (Å²) in [5, 5.41) is 0. The quantitative estimate of drug-likeness (QED) is 0.831. The van der Waals surface area contributed by atoms with E-state index in [0.717, 1.165) is 31.7 Å². The fourth-order valence-electron chi connectivity index (χ4n) is 3.32. The molecule has 0 aliphatic carbocycles. The van der Waals surface area contributed by atoms with Crippen molar-refractivity contribution >= 4 is 5.91 Å². The van der Waals surface area contributed by atoms with Crippen molar-refractivity contribution in [1.82, 2.24) is 4.90 Å². The smallest absolute Gasteiger partial charge is 0.254 e. The number of carbonyl (C=O) groups is 1. The Bertz CT molecular complexity index is 502. The molecule has 2 heterocycles. The monoisotopic (exact) mass is 275 g/mol. The highest BCUT2D eigenvalue weighted by atomic mass is 16.5. The standard InChI is InChI=1S/C16H21NO3/c1-11-8-13-10-17(7-6-15(13)20-11)16(18)12-4-3-5-14(9-12)19-2/h3-5,9,11,13,15H,6-8,10H2,1-2H3/t11-,13-,15+/m0/s1. The Morgan fingerprint density at radius 3 is 3.10 bits per heavy atom. The Hall–Kier alpha value is -1.55. The molecular weight excluding hydrogens is 254 g/mol. The topological polar surface area (TPSA) is 38.8 Å². The van der Waals surface area contributed by atoms with Crippen molar-refractivity contribution in [2.24, 2.45) is 5.92 Å². The highest BCUT2D eigenvalue weighted by Crippen LogP contribution is 2.33. The first-order chi connectivity index (χ1) is 9.67. The molecule has 0 unspecified atom stereocenters. The zero-order valence-electron chi connectivity index (χ0n) is 12.0. The number of fused-ring (bicyclic) bond motifs is 1. The predicted molar refractivity (Wildman–Crippen MR) is 76.0 cm³/mol. The molecule has 1 amide bonds. The van der Waals surface area contributed by atoms with Crippen LogP contribution in [0.15, 0.2) is 24.3 Å². The van der Waals surface area contributed by atoms with Crippen molar-refractivity contribution < 1.29 is 14.3 Å². The van der Waals surface area contributed by atoms with E-state index < -0.39 is 0 Å². The van der Waals surface area contributed by atoms with Crippen LogP contribution in [0.25, 0.3) is 0 Å². The Kier molecular flexibility index (Phi) is 3.66. The minimum atomic E-state index is 0.0990. The average molecular weight is 275 g/mol. The molecule has 4 heteroatoms. The second-order valence-corrected chi connectivity index (χ2v) is 5.75. The third kappa shape index (κ3) is 2.52. The number of carbonyl (C=O) groups excluding carboxylic acids is 1. The first-order valence-electron chi connectivity index (χ1n) is 7.26. The summed E-state index contributed by atoms with van der Waals surface area (Å²) in [6.07, 6.45) is 2.69. The van der Waals surface area contributed by atoms with Gasteiger partial charge in [0.15, 0.2) is 0 Å². The van der Waals surface area contributed by atoms with Crippen LogP contribution in [0.1, 0.15) is 30.1 Å². The molecule has 0 radical (unpaired) electrons. The molecule has 2 saturated heterocycles. The number of hydrogen-bond acceptors (Lipinski definition) is 3. The van der Waals surface area contributed by atoms with Crippen molar-refractivity contribution in [3.63, 3.8) is 0 Å². The number of rotatable bonds is 2. The number of amides is 1. The van der Waals surface area contributed by atoms with Gasteiger partial charge in [-0.1, -0.05) is 6.07 Å². The number of hydrogen-bond donors (Lipinski definition) is 0. The zero-order valence-corrected chi connectivity index (χ0v) is 12.0. The van der Waals surface area contributed by atoms with Gasteiger partial charge in [-0.3, -0.25) is 4.79 Å². The van der Waals surface area contributed by atoms with E-state index in [4.69, 9.17) is 9.47 Å². The van der Waals surface area contributed by atoms with Crippen molar-refractivity contribution in [2.45, 2.75) is 32.0 Å². The maximum Gasteiger partial charge on any atom is 0.254 e. The van der Waals surface area contributed by atoms with Crippen molar-refractivity contribution in [2.75, 3.05) is 20.2 Å². The summed E-state index contributed by atoms with van der Waals surface area (Å²) in [5.41, 5.74) is 0.703. The van der Waals surface area contributed by atoms with Crippen LogP contribution in [-0.2, 0) is 4.74 Å². The van der Waals surface area contributed by atoms with E-state index in [1.54, 1.807) is 7.11 Å². The Morgan fingerprint density at radius 2 is 2.30 bits per heavy atom. The summed E-state index contributed by atoms with van der Waals surface area (Å²) in [4.78, 5) is 14.5. The maximum absolute atomic E-state index is 12.6. The molecule has 20 heavy (non-hydrogen) atoms. The fourth-order valence-corrected chi connectivity index (χ4v) is 3.32. The molecule has 3 rings (SSSR count). The number of benzene rings is 1. The van der Waals surface area contributed by atoms with E-state index >= 15 is 0 Å². The highest BCUT2D eigenvalue weighted by molar-refractivity contribution is 5.94. The molecule has 2 fully saturated rings. The van der Waals surface area contributed by atoms with Gasteiger partial charge in [-0.15, -0.1) is 0 Å². The molecular formula is C16H21NO3. The Balaban J connectivity index is 1.71. The highest BCUT2D eigenvalue weighted by Gasteiger charge is 2.38. The number of piperidine rings is 1. The molecule has 4 nitrogen and oxygen atoms in total. The number of ether oxygens (including phenoxy) is 2. The van der Waals surface area contributed by atoms with Gasteiger partial charge in [0.05, 0.1) is 19.3 Å². The van der Waals surface area contributed by atoms with Gasteiger partial charge in [-0.2, -0.15) is 0 Å². The summed E-state index contributed by atoms with van der Waals surface area (Å²) in [5.74, 6) is 1.32.